The highest BCUT2D eigenvalue weighted by atomic mass is 16.5. The average Bonchev–Trinajstić information content (AvgIpc) is 2.83. The Morgan fingerprint density at radius 2 is 1.57 bits per heavy atom. The summed E-state index contributed by atoms with van der Waals surface area (Å²) in [6, 6.07) is 26.0. The maximum atomic E-state index is 13.0. The van der Waals surface area contributed by atoms with E-state index in [2.05, 4.69) is 24.3 Å². The van der Waals surface area contributed by atoms with E-state index in [0.29, 0.717) is 29.6 Å². The first kappa shape index (κ1) is 20.0. The van der Waals surface area contributed by atoms with E-state index in [1.165, 1.54) is 5.56 Å². The molecule has 1 aliphatic heterocycles. The smallest absolute Gasteiger partial charge is 0.253 e. The lowest BCUT2D eigenvalue weighted by Gasteiger charge is -2.32. The van der Waals surface area contributed by atoms with Crippen molar-refractivity contribution in [1.29, 1.82) is 0 Å². The standard InChI is InChI=1S/C26H27NO3/c1-29-25-18-23(12-13-24(25)30-19-20-8-4-2-5-9-20)26(28)27-16-14-22(15-17-27)21-10-6-3-7-11-21/h2-13,18,22H,14-17,19H2,1H3. The van der Waals surface area contributed by atoms with Crippen molar-refractivity contribution in [3.63, 3.8) is 0 Å². The van der Waals surface area contributed by atoms with Gasteiger partial charge < -0.3 is 14.4 Å². The first-order valence-corrected chi connectivity index (χ1v) is 10.4. The molecule has 0 saturated carbocycles. The van der Waals surface area contributed by atoms with Crippen LogP contribution in [0.1, 0.15) is 40.2 Å². The first-order chi connectivity index (χ1) is 14.7. The zero-order valence-corrected chi connectivity index (χ0v) is 17.3. The predicted molar refractivity (Wildman–Crippen MR) is 118 cm³/mol. The molecule has 0 bridgehead atoms. The van der Waals surface area contributed by atoms with Gasteiger partial charge in [-0.15, -0.1) is 0 Å². The molecule has 1 saturated heterocycles. The highest BCUT2D eigenvalue weighted by molar-refractivity contribution is 5.95. The van der Waals surface area contributed by atoms with E-state index >= 15 is 0 Å². The van der Waals surface area contributed by atoms with Crippen molar-refractivity contribution in [2.24, 2.45) is 0 Å². The van der Waals surface area contributed by atoms with Crippen LogP contribution in [0.4, 0.5) is 0 Å². The molecule has 0 spiro atoms. The number of carbonyl (C=O) groups excluding carboxylic acids is 1. The van der Waals surface area contributed by atoms with Gasteiger partial charge in [-0.3, -0.25) is 4.79 Å². The summed E-state index contributed by atoms with van der Waals surface area (Å²) in [5.41, 5.74) is 3.09. The third kappa shape index (κ3) is 4.65. The SMILES string of the molecule is COc1cc(C(=O)N2CCC(c3ccccc3)CC2)ccc1OCc1ccccc1. The Hall–Kier alpha value is -3.27. The van der Waals surface area contributed by atoms with Gasteiger partial charge in [0, 0.05) is 18.7 Å². The Bertz CT molecular complexity index is 964. The molecule has 4 nitrogen and oxygen atoms in total. The quantitative estimate of drug-likeness (QED) is 0.563. The third-order valence-electron chi connectivity index (χ3n) is 5.70. The molecule has 3 aromatic carbocycles. The van der Waals surface area contributed by atoms with Crippen LogP contribution in [0.25, 0.3) is 0 Å². The maximum Gasteiger partial charge on any atom is 0.253 e. The Labute approximate surface area is 178 Å². The second-order valence-electron chi connectivity index (χ2n) is 7.62. The number of ether oxygens (including phenoxy) is 2. The van der Waals surface area contributed by atoms with Gasteiger partial charge in [0.15, 0.2) is 11.5 Å². The number of benzene rings is 3. The number of likely N-dealkylation sites (tertiary alicyclic amines) is 1. The zero-order chi connectivity index (χ0) is 20.8. The van der Waals surface area contributed by atoms with Crippen molar-refractivity contribution in [2.75, 3.05) is 20.2 Å². The highest BCUT2D eigenvalue weighted by Crippen LogP contribution is 2.31. The number of nitrogens with zero attached hydrogens (tertiary/aromatic N) is 1. The van der Waals surface area contributed by atoms with E-state index in [-0.39, 0.29) is 5.91 Å². The van der Waals surface area contributed by atoms with E-state index in [0.717, 1.165) is 31.5 Å². The third-order valence-corrected chi connectivity index (χ3v) is 5.70. The van der Waals surface area contributed by atoms with Crippen molar-refractivity contribution >= 4 is 5.91 Å². The minimum atomic E-state index is 0.0504. The topological polar surface area (TPSA) is 38.8 Å². The lowest BCUT2D eigenvalue weighted by Crippen LogP contribution is -2.37. The van der Waals surface area contributed by atoms with Crippen molar-refractivity contribution in [2.45, 2.75) is 25.4 Å². The summed E-state index contributed by atoms with van der Waals surface area (Å²) in [6.07, 6.45) is 1.98. The largest absolute Gasteiger partial charge is 0.493 e. The second-order valence-corrected chi connectivity index (χ2v) is 7.62. The fourth-order valence-corrected chi connectivity index (χ4v) is 3.98. The molecule has 0 aromatic heterocycles. The summed E-state index contributed by atoms with van der Waals surface area (Å²) in [5.74, 6) is 1.80. The van der Waals surface area contributed by atoms with Crippen LogP contribution in [0.15, 0.2) is 78.9 Å². The molecule has 3 aromatic rings. The molecule has 0 atom stereocenters. The summed E-state index contributed by atoms with van der Waals surface area (Å²) < 4.78 is 11.4. The molecule has 0 N–H and O–H groups in total. The maximum absolute atomic E-state index is 13.0. The summed E-state index contributed by atoms with van der Waals surface area (Å²) in [5, 5.41) is 0. The van der Waals surface area contributed by atoms with Gasteiger partial charge in [-0.2, -0.15) is 0 Å². The number of hydrogen-bond donors (Lipinski definition) is 0. The van der Waals surface area contributed by atoms with Gasteiger partial charge in [0.2, 0.25) is 0 Å². The number of hydrogen-bond acceptors (Lipinski definition) is 3. The molecule has 1 heterocycles. The Kier molecular flexibility index (Phi) is 6.33. The van der Waals surface area contributed by atoms with Gasteiger partial charge in [-0.25, -0.2) is 0 Å². The van der Waals surface area contributed by atoms with Gasteiger partial charge in [0.1, 0.15) is 6.61 Å². The minimum Gasteiger partial charge on any atom is -0.493 e. The molecule has 1 amide bonds. The molecule has 1 aliphatic rings. The highest BCUT2D eigenvalue weighted by Gasteiger charge is 2.25. The normalized spacial score (nSPS) is 14.4. The number of methoxy groups -OCH3 is 1. The molecule has 0 aliphatic carbocycles. The van der Waals surface area contributed by atoms with Crippen LogP contribution < -0.4 is 9.47 Å². The van der Waals surface area contributed by atoms with E-state index in [9.17, 15) is 4.79 Å². The van der Waals surface area contributed by atoms with E-state index < -0.39 is 0 Å². The zero-order valence-electron chi connectivity index (χ0n) is 17.3. The van der Waals surface area contributed by atoms with Crippen LogP contribution >= 0.6 is 0 Å². The summed E-state index contributed by atoms with van der Waals surface area (Å²) in [4.78, 5) is 15.0. The van der Waals surface area contributed by atoms with Gasteiger partial charge in [-0.1, -0.05) is 60.7 Å². The molecule has 1 fully saturated rings. The summed E-state index contributed by atoms with van der Waals surface area (Å²) in [7, 11) is 1.60. The first-order valence-electron chi connectivity index (χ1n) is 10.4. The van der Waals surface area contributed by atoms with Crippen molar-refractivity contribution in [3.05, 3.63) is 95.6 Å². The van der Waals surface area contributed by atoms with Crippen LogP contribution in [0.2, 0.25) is 0 Å². The van der Waals surface area contributed by atoms with Crippen LogP contribution in [0.3, 0.4) is 0 Å². The van der Waals surface area contributed by atoms with Gasteiger partial charge in [0.05, 0.1) is 7.11 Å². The molecule has 30 heavy (non-hydrogen) atoms. The van der Waals surface area contributed by atoms with Crippen molar-refractivity contribution in [1.82, 2.24) is 4.90 Å². The van der Waals surface area contributed by atoms with Crippen molar-refractivity contribution in [3.8, 4) is 11.5 Å². The van der Waals surface area contributed by atoms with E-state index in [4.69, 9.17) is 9.47 Å². The van der Waals surface area contributed by atoms with Gasteiger partial charge in [-0.05, 0) is 48.1 Å². The molecule has 0 unspecified atom stereocenters. The van der Waals surface area contributed by atoms with Crippen LogP contribution in [0.5, 0.6) is 11.5 Å². The Morgan fingerprint density at radius 3 is 2.23 bits per heavy atom. The molecule has 0 radical (unpaired) electrons. The monoisotopic (exact) mass is 401 g/mol. The Balaban J connectivity index is 1.39. The minimum absolute atomic E-state index is 0.0504. The number of rotatable bonds is 6. The molecule has 4 rings (SSSR count). The molecule has 154 valence electrons. The second kappa shape index (κ2) is 9.49. The van der Waals surface area contributed by atoms with Crippen molar-refractivity contribution < 1.29 is 14.3 Å². The number of carbonyl (C=O) groups is 1. The lowest BCUT2D eigenvalue weighted by atomic mass is 9.89. The predicted octanol–water partition coefficient (Wildman–Crippen LogP) is 5.29. The summed E-state index contributed by atoms with van der Waals surface area (Å²) >= 11 is 0. The van der Waals surface area contributed by atoms with E-state index in [1.807, 2.05) is 53.4 Å². The lowest BCUT2D eigenvalue weighted by molar-refractivity contribution is 0.0712. The molecular formula is C26H27NO3. The Morgan fingerprint density at radius 1 is 0.900 bits per heavy atom. The van der Waals surface area contributed by atoms with Crippen LogP contribution in [-0.4, -0.2) is 31.0 Å². The van der Waals surface area contributed by atoms with E-state index in [1.54, 1.807) is 13.2 Å². The van der Waals surface area contributed by atoms with Crippen LogP contribution in [-0.2, 0) is 6.61 Å². The molecular weight excluding hydrogens is 374 g/mol. The fourth-order valence-electron chi connectivity index (χ4n) is 3.98. The summed E-state index contributed by atoms with van der Waals surface area (Å²) in [6.45, 7) is 2.00. The number of amides is 1. The average molecular weight is 402 g/mol. The van der Waals surface area contributed by atoms with Gasteiger partial charge in [0.25, 0.3) is 5.91 Å². The molecule has 4 heteroatoms. The fraction of sp³-hybridized carbons (Fsp3) is 0.269. The van der Waals surface area contributed by atoms with Crippen LogP contribution in [0, 0.1) is 0 Å². The van der Waals surface area contributed by atoms with Gasteiger partial charge >= 0.3 is 0 Å². The number of piperidine rings is 1.